The van der Waals surface area contributed by atoms with E-state index in [1.807, 2.05) is 0 Å². The van der Waals surface area contributed by atoms with Crippen LogP contribution in [0.1, 0.15) is 23.7 Å². The number of carboxylic acid groups (broad SMARTS) is 1. The predicted octanol–water partition coefficient (Wildman–Crippen LogP) is 3.33. The fourth-order valence-corrected chi connectivity index (χ4v) is 4.47. The minimum absolute atomic E-state index is 0.0637. The highest BCUT2D eigenvalue weighted by molar-refractivity contribution is 6.31. The first kappa shape index (κ1) is 25.6. The molecule has 2 aromatic rings. The van der Waals surface area contributed by atoms with Gasteiger partial charge in [-0.2, -0.15) is 0 Å². The Balaban J connectivity index is 1.88. The molecular formula is C23H19ClF4N4O4. The number of alkyl halides is 2. The fraction of sp³-hybridized carbons (Fsp3) is 0.304. The average Bonchev–Trinajstić information content (AvgIpc) is 3.12. The molecular weight excluding hydrogens is 508 g/mol. The van der Waals surface area contributed by atoms with Crippen molar-refractivity contribution in [1.29, 1.82) is 0 Å². The Kier molecular flexibility index (Phi) is 7.01. The van der Waals surface area contributed by atoms with Gasteiger partial charge in [0.15, 0.2) is 11.7 Å². The third kappa shape index (κ3) is 5.05. The molecule has 2 aliphatic rings. The molecule has 1 saturated heterocycles. The number of likely N-dealkylation sites (tertiary alicyclic amines) is 1. The third-order valence-corrected chi connectivity index (χ3v) is 6.11. The minimum Gasteiger partial charge on any atom is -0.480 e. The van der Waals surface area contributed by atoms with Crippen LogP contribution in [0, 0.1) is 11.6 Å². The molecule has 2 atom stereocenters. The van der Waals surface area contributed by atoms with E-state index in [0.29, 0.717) is 0 Å². The van der Waals surface area contributed by atoms with Gasteiger partial charge < -0.3 is 15.2 Å². The van der Waals surface area contributed by atoms with E-state index in [-0.39, 0.29) is 33.4 Å². The van der Waals surface area contributed by atoms with Crippen LogP contribution in [0.3, 0.4) is 0 Å². The van der Waals surface area contributed by atoms with E-state index in [9.17, 15) is 32.3 Å². The number of benzene rings is 1. The molecule has 3 heterocycles. The second-order valence-electron chi connectivity index (χ2n) is 8.21. The molecule has 36 heavy (non-hydrogen) atoms. The molecule has 1 fully saturated rings. The standard InChI is InChI=1S/C23H19ClF4N4O4/c1-36-22(35)17-15(9-32-10-23(27,28)8-16(32)21(33)34)30-20(19-14(26)3-2-6-29-19)31-18(17)12-5-4-11(25)7-13(12)24/h2-7,16,18H,8-10H2,1H3,(H,30,31)(H,33,34)/t16?,18-/m0/s1. The largest absolute Gasteiger partial charge is 0.480 e. The number of halogens is 5. The fourth-order valence-electron chi connectivity index (χ4n) is 4.20. The Labute approximate surface area is 207 Å². The average molecular weight is 527 g/mol. The number of pyridine rings is 1. The van der Waals surface area contributed by atoms with Gasteiger partial charge in [0.25, 0.3) is 5.92 Å². The number of methoxy groups -OCH3 is 1. The second-order valence-corrected chi connectivity index (χ2v) is 8.62. The summed E-state index contributed by atoms with van der Waals surface area (Å²) in [5, 5.41) is 12.1. The number of esters is 1. The van der Waals surface area contributed by atoms with Gasteiger partial charge in [0.2, 0.25) is 0 Å². The number of carbonyl (C=O) groups excluding carboxylic acids is 1. The summed E-state index contributed by atoms with van der Waals surface area (Å²) in [5.41, 5.74) is -0.353. The van der Waals surface area contributed by atoms with E-state index < -0.39 is 61.1 Å². The minimum atomic E-state index is -3.28. The monoisotopic (exact) mass is 526 g/mol. The number of carboxylic acids is 1. The molecule has 1 aromatic heterocycles. The Hall–Kier alpha value is -3.51. The van der Waals surface area contributed by atoms with Crippen molar-refractivity contribution in [3.05, 3.63) is 75.7 Å². The lowest BCUT2D eigenvalue weighted by Gasteiger charge is -2.30. The van der Waals surface area contributed by atoms with E-state index in [0.717, 1.165) is 30.2 Å². The maximum atomic E-state index is 14.6. The van der Waals surface area contributed by atoms with Crippen molar-refractivity contribution in [3.8, 4) is 0 Å². The molecule has 0 saturated carbocycles. The molecule has 2 N–H and O–H groups in total. The van der Waals surface area contributed by atoms with Gasteiger partial charge in [-0.3, -0.25) is 14.7 Å². The molecule has 0 bridgehead atoms. The molecule has 0 spiro atoms. The van der Waals surface area contributed by atoms with E-state index in [4.69, 9.17) is 16.3 Å². The number of aromatic nitrogens is 1. The first-order valence-corrected chi connectivity index (χ1v) is 10.9. The number of hydrogen-bond acceptors (Lipinski definition) is 7. The van der Waals surface area contributed by atoms with Crippen LogP contribution in [0.5, 0.6) is 0 Å². The summed E-state index contributed by atoms with van der Waals surface area (Å²) in [6, 6.07) is 2.99. The molecule has 8 nitrogen and oxygen atoms in total. The molecule has 4 rings (SSSR count). The zero-order chi connectivity index (χ0) is 26.2. The lowest BCUT2D eigenvalue weighted by Crippen LogP contribution is -2.43. The van der Waals surface area contributed by atoms with Crippen LogP contribution in [0.2, 0.25) is 5.02 Å². The van der Waals surface area contributed by atoms with Gasteiger partial charge in [-0.05, 0) is 24.3 Å². The smallest absolute Gasteiger partial charge is 0.338 e. The van der Waals surface area contributed by atoms with Crippen LogP contribution in [0.15, 0.2) is 52.8 Å². The van der Waals surface area contributed by atoms with Gasteiger partial charge in [-0.1, -0.05) is 17.7 Å². The van der Waals surface area contributed by atoms with Gasteiger partial charge in [0.05, 0.1) is 19.2 Å². The van der Waals surface area contributed by atoms with Crippen molar-refractivity contribution in [1.82, 2.24) is 15.2 Å². The summed E-state index contributed by atoms with van der Waals surface area (Å²) in [7, 11) is 1.08. The molecule has 0 radical (unpaired) electrons. The molecule has 1 unspecified atom stereocenters. The number of nitrogens with one attached hydrogen (secondary N) is 1. The van der Waals surface area contributed by atoms with Crippen molar-refractivity contribution in [3.63, 3.8) is 0 Å². The maximum Gasteiger partial charge on any atom is 0.338 e. The Morgan fingerprint density at radius 1 is 1.31 bits per heavy atom. The molecule has 0 aliphatic carbocycles. The molecule has 190 valence electrons. The van der Waals surface area contributed by atoms with Gasteiger partial charge in [-0.15, -0.1) is 0 Å². The SMILES string of the molecule is COC(=O)C1=C(CN2CC(F)(F)CC2C(=O)O)NC(c2ncccc2F)=N[C@H]1c1ccc(F)cc1Cl. The number of carbonyl (C=O) groups is 2. The summed E-state index contributed by atoms with van der Waals surface area (Å²) in [4.78, 5) is 33.9. The highest BCUT2D eigenvalue weighted by atomic mass is 35.5. The summed E-state index contributed by atoms with van der Waals surface area (Å²) in [5.74, 6) is -7.28. The van der Waals surface area contributed by atoms with Crippen molar-refractivity contribution < 1.29 is 37.0 Å². The number of nitrogens with zero attached hydrogens (tertiary/aromatic N) is 3. The van der Waals surface area contributed by atoms with Crippen LogP contribution in [-0.2, 0) is 14.3 Å². The highest BCUT2D eigenvalue weighted by Crippen LogP contribution is 2.38. The van der Waals surface area contributed by atoms with E-state index in [1.165, 1.54) is 18.3 Å². The Morgan fingerprint density at radius 2 is 2.06 bits per heavy atom. The predicted molar refractivity (Wildman–Crippen MR) is 120 cm³/mol. The van der Waals surface area contributed by atoms with Gasteiger partial charge in [0, 0.05) is 35.4 Å². The van der Waals surface area contributed by atoms with Gasteiger partial charge in [-0.25, -0.2) is 27.3 Å². The highest BCUT2D eigenvalue weighted by Gasteiger charge is 2.49. The second kappa shape index (κ2) is 9.86. The Bertz CT molecular complexity index is 1290. The molecule has 13 heteroatoms. The van der Waals surface area contributed by atoms with E-state index >= 15 is 0 Å². The third-order valence-electron chi connectivity index (χ3n) is 5.78. The summed E-state index contributed by atoms with van der Waals surface area (Å²) in [6.07, 6.45) is 0.370. The van der Waals surface area contributed by atoms with Crippen LogP contribution in [0.25, 0.3) is 0 Å². The summed E-state index contributed by atoms with van der Waals surface area (Å²) in [6.45, 7) is -1.37. The van der Waals surface area contributed by atoms with Crippen LogP contribution in [-0.4, -0.2) is 64.9 Å². The number of rotatable bonds is 6. The van der Waals surface area contributed by atoms with Gasteiger partial charge >= 0.3 is 11.9 Å². The van der Waals surface area contributed by atoms with Crippen LogP contribution in [0.4, 0.5) is 17.6 Å². The number of amidine groups is 1. The Morgan fingerprint density at radius 3 is 2.69 bits per heavy atom. The lowest BCUT2D eigenvalue weighted by molar-refractivity contribution is -0.142. The van der Waals surface area contributed by atoms with E-state index in [1.54, 1.807) is 0 Å². The zero-order valence-corrected chi connectivity index (χ0v) is 19.4. The first-order valence-electron chi connectivity index (χ1n) is 10.6. The zero-order valence-electron chi connectivity index (χ0n) is 18.6. The number of aliphatic imine (C=N–C) groups is 1. The van der Waals surface area contributed by atoms with Gasteiger partial charge in [0.1, 0.15) is 23.6 Å². The number of hydrogen-bond donors (Lipinski definition) is 2. The maximum absolute atomic E-state index is 14.6. The van der Waals surface area contributed by atoms with Crippen molar-refractivity contribution in [2.45, 2.75) is 24.4 Å². The van der Waals surface area contributed by atoms with Crippen molar-refractivity contribution in [2.24, 2.45) is 4.99 Å². The molecule has 1 aromatic carbocycles. The van der Waals surface area contributed by atoms with Crippen molar-refractivity contribution in [2.75, 3.05) is 20.2 Å². The van der Waals surface area contributed by atoms with Crippen molar-refractivity contribution >= 4 is 29.4 Å². The summed E-state index contributed by atoms with van der Waals surface area (Å²) >= 11 is 6.24. The number of aliphatic carboxylic acids is 1. The van der Waals surface area contributed by atoms with Crippen LogP contribution >= 0.6 is 11.6 Å². The topological polar surface area (TPSA) is 104 Å². The lowest BCUT2D eigenvalue weighted by atomic mass is 9.94. The quantitative estimate of drug-likeness (QED) is 0.439. The first-order chi connectivity index (χ1) is 17.0. The van der Waals surface area contributed by atoms with E-state index in [2.05, 4.69) is 15.3 Å². The normalized spacial score (nSPS) is 21.7. The number of ether oxygens (including phenoxy) is 1. The summed E-state index contributed by atoms with van der Waals surface area (Å²) < 4.78 is 61.5. The molecule has 0 amide bonds. The van der Waals surface area contributed by atoms with Crippen LogP contribution < -0.4 is 5.32 Å². The molecule has 2 aliphatic heterocycles.